The molecule has 0 saturated heterocycles. The van der Waals surface area contributed by atoms with Gasteiger partial charge in [0, 0.05) is 11.1 Å². The third kappa shape index (κ3) is 5.84. The standard InChI is InChI=1S/C11H16O6/c1-6(2)9(13)16-5-8(12)11(15)17-10(14)7(3)4/h8,11-12,15H,1,3,5H2,2,4H3. The Bertz CT molecular complexity index is 333. The first-order chi connectivity index (χ1) is 7.75. The van der Waals surface area contributed by atoms with Gasteiger partial charge in [-0.05, 0) is 13.8 Å². The molecule has 0 aromatic heterocycles. The molecular formula is C11H16O6. The fourth-order valence-corrected chi connectivity index (χ4v) is 0.655. The molecule has 0 fully saturated rings. The molecule has 2 atom stereocenters. The average Bonchev–Trinajstić information content (AvgIpc) is 2.24. The van der Waals surface area contributed by atoms with Crippen molar-refractivity contribution in [2.24, 2.45) is 0 Å². The van der Waals surface area contributed by atoms with Crippen molar-refractivity contribution in [2.45, 2.75) is 26.2 Å². The van der Waals surface area contributed by atoms with Crippen LogP contribution in [0.15, 0.2) is 24.3 Å². The third-order valence-electron chi connectivity index (χ3n) is 1.64. The van der Waals surface area contributed by atoms with Crippen LogP contribution in [0.25, 0.3) is 0 Å². The highest BCUT2D eigenvalue weighted by molar-refractivity contribution is 5.87. The van der Waals surface area contributed by atoms with Crippen LogP contribution in [0.2, 0.25) is 0 Å². The zero-order chi connectivity index (χ0) is 13.6. The van der Waals surface area contributed by atoms with Crippen molar-refractivity contribution in [3.05, 3.63) is 24.3 Å². The Morgan fingerprint density at radius 1 is 1.12 bits per heavy atom. The number of aliphatic hydroxyl groups excluding tert-OH is 2. The summed E-state index contributed by atoms with van der Waals surface area (Å²) in [6.07, 6.45) is -3.31. The van der Waals surface area contributed by atoms with Gasteiger partial charge in [-0.2, -0.15) is 0 Å². The zero-order valence-electron chi connectivity index (χ0n) is 9.80. The highest BCUT2D eigenvalue weighted by Gasteiger charge is 2.22. The summed E-state index contributed by atoms with van der Waals surface area (Å²) in [4.78, 5) is 22.0. The predicted octanol–water partition coefficient (Wildman–Crippen LogP) is -0.0957. The largest absolute Gasteiger partial charge is 0.459 e. The first kappa shape index (κ1) is 15.3. The molecule has 0 radical (unpaired) electrons. The van der Waals surface area contributed by atoms with Gasteiger partial charge in [-0.25, -0.2) is 9.59 Å². The van der Waals surface area contributed by atoms with E-state index in [-0.39, 0.29) is 11.1 Å². The summed E-state index contributed by atoms with van der Waals surface area (Å²) in [5, 5.41) is 18.6. The summed E-state index contributed by atoms with van der Waals surface area (Å²) in [7, 11) is 0. The third-order valence-corrected chi connectivity index (χ3v) is 1.64. The van der Waals surface area contributed by atoms with E-state index in [0.29, 0.717) is 0 Å². The number of carbonyl (C=O) groups is 2. The lowest BCUT2D eigenvalue weighted by Gasteiger charge is -2.17. The maximum atomic E-state index is 11.0. The number of carbonyl (C=O) groups excluding carboxylic acids is 2. The summed E-state index contributed by atoms with van der Waals surface area (Å²) >= 11 is 0. The quantitative estimate of drug-likeness (QED) is 0.385. The second kappa shape index (κ2) is 6.82. The Morgan fingerprint density at radius 2 is 1.59 bits per heavy atom. The van der Waals surface area contributed by atoms with Gasteiger partial charge in [-0.15, -0.1) is 0 Å². The van der Waals surface area contributed by atoms with Crippen molar-refractivity contribution < 1.29 is 29.3 Å². The van der Waals surface area contributed by atoms with E-state index in [2.05, 4.69) is 22.6 Å². The lowest BCUT2D eigenvalue weighted by atomic mass is 10.3. The van der Waals surface area contributed by atoms with Crippen LogP contribution in [0.1, 0.15) is 13.8 Å². The summed E-state index contributed by atoms with van der Waals surface area (Å²) in [6.45, 7) is 8.96. The first-order valence-electron chi connectivity index (χ1n) is 4.81. The maximum Gasteiger partial charge on any atom is 0.335 e. The molecule has 0 aromatic carbocycles. The van der Waals surface area contributed by atoms with Gasteiger partial charge in [0.2, 0.25) is 6.29 Å². The normalized spacial score (nSPS) is 13.4. The van der Waals surface area contributed by atoms with Crippen LogP contribution in [0.5, 0.6) is 0 Å². The molecular weight excluding hydrogens is 228 g/mol. The van der Waals surface area contributed by atoms with Gasteiger partial charge in [0.25, 0.3) is 0 Å². The van der Waals surface area contributed by atoms with Crippen LogP contribution in [-0.2, 0) is 19.1 Å². The minimum atomic E-state index is -1.78. The molecule has 2 N–H and O–H groups in total. The minimum Gasteiger partial charge on any atom is -0.459 e. The van der Waals surface area contributed by atoms with E-state index in [0.717, 1.165) is 0 Å². The molecule has 0 aliphatic heterocycles. The summed E-state index contributed by atoms with van der Waals surface area (Å²) < 4.78 is 8.99. The zero-order valence-corrected chi connectivity index (χ0v) is 9.80. The van der Waals surface area contributed by atoms with Crippen molar-refractivity contribution in [3.63, 3.8) is 0 Å². The smallest absolute Gasteiger partial charge is 0.335 e. The summed E-state index contributed by atoms with van der Waals surface area (Å²) in [5.74, 6) is -1.55. The van der Waals surface area contributed by atoms with E-state index in [1.54, 1.807) is 0 Å². The molecule has 0 aromatic rings. The molecule has 0 spiro atoms. The molecule has 17 heavy (non-hydrogen) atoms. The lowest BCUT2D eigenvalue weighted by Crippen LogP contribution is -2.35. The van der Waals surface area contributed by atoms with Gasteiger partial charge in [0.05, 0.1) is 0 Å². The fourth-order valence-electron chi connectivity index (χ4n) is 0.655. The van der Waals surface area contributed by atoms with Crippen LogP contribution < -0.4 is 0 Å². The van der Waals surface area contributed by atoms with E-state index < -0.39 is 30.9 Å². The molecule has 0 amide bonds. The van der Waals surface area contributed by atoms with E-state index in [9.17, 15) is 19.8 Å². The lowest BCUT2D eigenvalue weighted by molar-refractivity contribution is -0.189. The van der Waals surface area contributed by atoms with Gasteiger partial charge >= 0.3 is 11.9 Å². The van der Waals surface area contributed by atoms with E-state index in [1.807, 2.05) is 0 Å². The van der Waals surface area contributed by atoms with Gasteiger partial charge in [0.1, 0.15) is 6.61 Å². The van der Waals surface area contributed by atoms with Crippen LogP contribution >= 0.6 is 0 Å². The molecule has 0 bridgehead atoms. The molecule has 0 aliphatic rings. The number of rotatable bonds is 6. The summed E-state index contributed by atoms with van der Waals surface area (Å²) in [5.41, 5.74) is 0.237. The summed E-state index contributed by atoms with van der Waals surface area (Å²) in [6, 6.07) is 0. The Balaban J connectivity index is 4.10. The Morgan fingerprint density at radius 3 is 2.00 bits per heavy atom. The number of hydrogen-bond donors (Lipinski definition) is 2. The number of esters is 2. The number of aliphatic hydroxyl groups is 2. The molecule has 0 rings (SSSR count). The SMILES string of the molecule is C=C(C)C(=O)OCC(O)C(O)OC(=O)C(=C)C. The van der Waals surface area contributed by atoms with Crippen LogP contribution in [-0.4, -0.2) is 41.2 Å². The van der Waals surface area contributed by atoms with Crippen molar-refractivity contribution >= 4 is 11.9 Å². The average molecular weight is 244 g/mol. The molecule has 96 valence electrons. The molecule has 0 saturated carbocycles. The Labute approximate surface area is 99.1 Å². The van der Waals surface area contributed by atoms with Crippen LogP contribution in [0.4, 0.5) is 0 Å². The Hall–Kier alpha value is -1.66. The topological polar surface area (TPSA) is 93.1 Å². The monoisotopic (exact) mass is 244 g/mol. The fraction of sp³-hybridized carbons (Fsp3) is 0.455. The molecule has 6 nitrogen and oxygen atoms in total. The van der Waals surface area contributed by atoms with E-state index >= 15 is 0 Å². The second-order valence-corrected chi connectivity index (χ2v) is 3.52. The first-order valence-corrected chi connectivity index (χ1v) is 4.81. The maximum absolute atomic E-state index is 11.0. The van der Waals surface area contributed by atoms with Crippen molar-refractivity contribution in [1.29, 1.82) is 0 Å². The van der Waals surface area contributed by atoms with Gasteiger partial charge in [-0.3, -0.25) is 0 Å². The highest BCUT2D eigenvalue weighted by Crippen LogP contribution is 2.03. The van der Waals surface area contributed by atoms with Crippen molar-refractivity contribution in [2.75, 3.05) is 6.61 Å². The number of hydrogen-bond acceptors (Lipinski definition) is 6. The van der Waals surface area contributed by atoms with Gasteiger partial charge in [-0.1, -0.05) is 13.2 Å². The second-order valence-electron chi connectivity index (χ2n) is 3.52. The minimum absolute atomic E-state index is 0.0789. The highest BCUT2D eigenvalue weighted by atomic mass is 16.6. The molecule has 2 unspecified atom stereocenters. The Kier molecular flexibility index (Phi) is 6.16. The van der Waals surface area contributed by atoms with Crippen molar-refractivity contribution in [1.82, 2.24) is 0 Å². The van der Waals surface area contributed by atoms with Gasteiger partial charge in [0.15, 0.2) is 6.10 Å². The predicted molar refractivity (Wildman–Crippen MR) is 58.7 cm³/mol. The van der Waals surface area contributed by atoms with Crippen LogP contribution in [0, 0.1) is 0 Å². The molecule has 0 heterocycles. The van der Waals surface area contributed by atoms with Gasteiger partial charge < -0.3 is 19.7 Å². The van der Waals surface area contributed by atoms with E-state index in [1.165, 1.54) is 13.8 Å². The molecule has 0 aliphatic carbocycles. The van der Waals surface area contributed by atoms with Crippen molar-refractivity contribution in [3.8, 4) is 0 Å². The van der Waals surface area contributed by atoms with Crippen LogP contribution in [0.3, 0.4) is 0 Å². The van der Waals surface area contributed by atoms with E-state index in [4.69, 9.17) is 0 Å². The number of ether oxygens (including phenoxy) is 2. The molecule has 6 heteroatoms.